The van der Waals surface area contributed by atoms with Crippen molar-refractivity contribution in [2.75, 3.05) is 7.11 Å². The second kappa shape index (κ2) is 7.53. The number of hydrogen-bond acceptors (Lipinski definition) is 9. The Morgan fingerprint density at radius 3 is 2.93 bits per heavy atom. The van der Waals surface area contributed by atoms with Crippen molar-refractivity contribution in [3.63, 3.8) is 0 Å². The molecule has 0 aliphatic heterocycles. The van der Waals surface area contributed by atoms with E-state index in [9.17, 15) is 4.79 Å². The number of benzene rings is 1. The molecule has 0 saturated heterocycles. The van der Waals surface area contributed by atoms with E-state index in [1.165, 1.54) is 18.4 Å². The summed E-state index contributed by atoms with van der Waals surface area (Å²) in [5, 5.41) is 7.30. The number of methoxy groups -OCH3 is 1. The number of rotatable bonds is 5. The summed E-state index contributed by atoms with van der Waals surface area (Å²) < 4.78 is 16.1. The lowest BCUT2D eigenvalue weighted by molar-refractivity contribution is 0.385. The first-order chi connectivity index (χ1) is 14.7. The van der Waals surface area contributed by atoms with Crippen LogP contribution in [0, 0.1) is 0 Å². The minimum Gasteiger partial charge on any atom is -0.493 e. The van der Waals surface area contributed by atoms with Crippen LogP contribution in [0.25, 0.3) is 33.6 Å². The van der Waals surface area contributed by atoms with Crippen molar-refractivity contribution in [2.24, 2.45) is 0 Å². The number of hydrogen-bond donors (Lipinski definition) is 0. The first-order valence-corrected chi connectivity index (χ1v) is 9.88. The van der Waals surface area contributed by atoms with Gasteiger partial charge < -0.3 is 13.7 Å². The molecule has 0 radical (unpaired) electrons. The number of ether oxygens (including phenoxy) is 1. The van der Waals surface area contributed by atoms with E-state index < -0.39 is 5.63 Å². The Morgan fingerprint density at radius 1 is 1.17 bits per heavy atom. The maximum atomic E-state index is 12.5. The highest BCUT2D eigenvalue weighted by Gasteiger charge is 2.16. The molecule has 30 heavy (non-hydrogen) atoms. The molecule has 5 aromatic rings. The van der Waals surface area contributed by atoms with Gasteiger partial charge in [-0.2, -0.15) is 4.98 Å². The van der Waals surface area contributed by atoms with Gasteiger partial charge in [-0.3, -0.25) is 4.98 Å². The fraction of sp³-hybridized carbons (Fsp3) is 0.0952. The molecule has 0 aliphatic rings. The third-order valence-corrected chi connectivity index (χ3v) is 5.31. The second-order valence-electron chi connectivity index (χ2n) is 6.38. The molecule has 0 amide bonds. The van der Waals surface area contributed by atoms with E-state index in [1.54, 1.807) is 24.5 Å². The molecular weight excluding hydrogens is 404 g/mol. The molecule has 0 saturated carbocycles. The molecule has 0 aliphatic carbocycles. The third-order valence-electron chi connectivity index (χ3n) is 4.46. The summed E-state index contributed by atoms with van der Waals surface area (Å²) in [5.41, 5.74) is 1.65. The molecule has 1 aromatic carbocycles. The van der Waals surface area contributed by atoms with Gasteiger partial charge in [0.15, 0.2) is 11.3 Å². The van der Waals surface area contributed by atoms with Crippen molar-refractivity contribution in [3.05, 3.63) is 75.5 Å². The van der Waals surface area contributed by atoms with E-state index in [0.29, 0.717) is 40.7 Å². The Morgan fingerprint density at radius 2 is 2.10 bits per heavy atom. The van der Waals surface area contributed by atoms with Crippen LogP contribution in [0.4, 0.5) is 0 Å². The second-order valence-corrected chi connectivity index (χ2v) is 7.33. The van der Waals surface area contributed by atoms with Crippen LogP contribution in [0.3, 0.4) is 0 Å². The van der Waals surface area contributed by atoms with Crippen LogP contribution in [0.15, 0.2) is 67.9 Å². The van der Waals surface area contributed by atoms with Crippen molar-refractivity contribution >= 4 is 22.3 Å². The number of thiazole rings is 1. The summed E-state index contributed by atoms with van der Waals surface area (Å²) in [4.78, 5) is 25.5. The largest absolute Gasteiger partial charge is 0.493 e. The van der Waals surface area contributed by atoms with E-state index in [1.807, 2.05) is 29.6 Å². The van der Waals surface area contributed by atoms with Crippen LogP contribution < -0.4 is 10.4 Å². The van der Waals surface area contributed by atoms with Gasteiger partial charge in [-0.25, -0.2) is 9.78 Å². The lowest BCUT2D eigenvalue weighted by Crippen LogP contribution is -2.03. The van der Waals surface area contributed by atoms with Crippen molar-refractivity contribution in [1.82, 2.24) is 20.1 Å². The van der Waals surface area contributed by atoms with Crippen molar-refractivity contribution in [3.8, 4) is 28.4 Å². The van der Waals surface area contributed by atoms with Crippen LogP contribution in [0.2, 0.25) is 0 Å². The van der Waals surface area contributed by atoms with Gasteiger partial charge in [-0.05, 0) is 24.3 Å². The van der Waals surface area contributed by atoms with Crippen molar-refractivity contribution < 1.29 is 13.7 Å². The Hall–Kier alpha value is -3.85. The molecule has 4 aromatic heterocycles. The zero-order chi connectivity index (χ0) is 20.5. The van der Waals surface area contributed by atoms with Gasteiger partial charge in [-0.1, -0.05) is 17.3 Å². The lowest BCUT2D eigenvalue weighted by atomic mass is 10.1. The first-order valence-electron chi connectivity index (χ1n) is 9.00. The molecule has 0 spiro atoms. The predicted molar refractivity (Wildman–Crippen MR) is 110 cm³/mol. The summed E-state index contributed by atoms with van der Waals surface area (Å²) in [6.45, 7) is 0. The minimum atomic E-state index is -0.472. The molecule has 4 heterocycles. The Kier molecular flexibility index (Phi) is 4.56. The Balaban J connectivity index is 1.43. The Labute approximate surface area is 173 Å². The van der Waals surface area contributed by atoms with Gasteiger partial charge in [0.1, 0.15) is 5.01 Å². The predicted octanol–water partition coefficient (Wildman–Crippen LogP) is 3.96. The maximum absolute atomic E-state index is 12.5. The zero-order valence-electron chi connectivity index (χ0n) is 15.7. The highest BCUT2D eigenvalue weighted by molar-refractivity contribution is 7.10. The number of aromatic nitrogens is 4. The standard InChI is InChI=1S/C21H14N4O4S/c1-27-16-6-2-4-12-8-14(21(26)28-19(12)16)15-11-30-18(23-15)9-17-24-20(25-29-17)13-5-3-7-22-10-13/h2-8,10-11H,9H2,1H3. The molecule has 5 rings (SSSR count). The quantitative estimate of drug-likeness (QED) is 0.395. The molecule has 9 heteroatoms. The minimum absolute atomic E-state index is 0.366. The highest BCUT2D eigenvalue weighted by atomic mass is 32.1. The summed E-state index contributed by atoms with van der Waals surface area (Å²) in [6.07, 6.45) is 3.72. The van der Waals surface area contributed by atoms with E-state index >= 15 is 0 Å². The van der Waals surface area contributed by atoms with E-state index in [-0.39, 0.29) is 0 Å². The maximum Gasteiger partial charge on any atom is 0.345 e. The van der Waals surface area contributed by atoms with Gasteiger partial charge >= 0.3 is 5.63 Å². The summed E-state index contributed by atoms with van der Waals surface area (Å²) in [7, 11) is 1.53. The van der Waals surface area contributed by atoms with Crippen molar-refractivity contribution in [1.29, 1.82) is 0 Å². The molecule has 0 bridgehead atoms. The van der Waals surface area contributed by atoms with Gasteiger partial charge in [-0.15, -0.1) is 11.3 Å². The topological polar surface area (TPSA) is 104 Å². The molecule has 0 N–H and O–H groups in total. The monoisotopic (exact) mass is 418 g/mol. The van der Waals surface area contributed by atoms with E-state index in [2.05, 4.69) is 20.1 Å². The van der Waals surface area contributed by atoms with E-state index in [4.69, 9.17) is 13.7 Å². The fourth-order valence-corrected chi connectivity index (χ4v) is 3.83. The van der Waals surface area contributed by atoms with Gasteiger partial charge in [0, 0.05) is 28.7 Å². The first kappa shape index (κ1) is 18.2. The van der Waals surface area contributed by atoms with Crippen LogP contribution >= 0.6 is 11.3 Å². The molecule has 0 fully saturated rings. The SMILES string of the molecule is COc1cccc2cc(-c3csc(Cc4nc(-c5cccnc5)no4)n3)c(=O)oc12. The summed E-state index contributed by atoms with van der Waals surface area (Å²) in [6, 6.07) is 10.9. The number of fused-ring (bicyclic) bond motifs is 1. The third kappa shape index (κ3) is 3.35. The molecule has 148 valence electrons. The van der Waals surface area contributed by atoms with Crippen LogP contribution in [-0.2, 0) is 6.42 Å². The average Bonchev–Trinajstić information content (AvgIpc) is 3.44. The number of para-hydroxylation sites is 1. The molecular formula is C21H14N4O4S. The van der Waals surface area contributed by atoms with Crippen LogP contribution in [0.5, 0.6) is 5.75 Å². The number of pyridine rings is 1. The average molecular weight is 418 g/mol. The zero-order valence-corrected chi connectivity index (χ0v) is 16.5. The molecule has 8 nitrogen and oxygen atoms in total. The van der Waals surface area contributed by atoms with Crippen molar-refractivity contribution in [2.45, 2.75) is 6.42 Å². The van der Waals surface area contributed by atoms with Crippen LogP contribution in [0.1, 0.15) is 10.9 Å². The smallest absolute Gasteiger partial charge is 0.345 e. The summed E-state index contributed by atoms with van der Waals surface area (Å²) in [5.74, 6) is 1.42. The molecule has 0 unspecified atom stereocenters. The highest BCUT2D eigenvalue weighted by Crippen LogP contribution is 2.28. The normalized spacial score (nSPS) is 11.1. The van der Waals surface area contributed by atoms with Gasteiger partial charge in [0.05, 0.1) is 24.8 Å². The summed E-state index contributed by atoms with van der Waals surface area (Å²) >= 11 is 1.41. The fourth-order valence-electron chi connectivity index (χ4n) is 3.04. The molecule has 0 atom stereocenters. The van der Waals surface area contributed by atoms with Gasteiger partial charge in [0.25, 0.3) is 0 Å². The van der Waals surface area contributed by atoms with Gasteiger partial charge in [0.2, 0.25) is 11.7 Å². The van der Waals surface area contributed by atoms with E-state index in [0.717, 1.165) is 16.0 Å². The lowest BCUT2D eigenvalue weighted by Gasteiger charge is -2.04. The van der Waals surface area contributed by atoms with Crippen LogP contribution in [-0.4, -0.2) is 27.2 Å². The Bertz CT molecular complexity index is 1390. The number of nitrogens with zero attached hydrogens (tertiary/aromatic N) is 4.